The molecule has 2 bridgehead atoms. The molecular weight excluding hydrogens is 248 g/mol. The molecule has 2 fully saturated rings. The van der Waals surface area contributed by atoms with Gasteiger partial charge in [0.1, 0.15) is 0 Å². The Bertz CT molecular complexity index is 440. The number of rotatable bonds is 5. The minimum Gasteiger partial charge on any atom is -0.211 e. The zero-order valence-corrected chi connectivity index (χ0v) is 12.0. The normalized spacial score (nSPS) is 32.7. The van der Waals surface area contributed by atoms with E-state index < -0.39 is 15.3 Å². The van der Waals surface area contributed by atoms with Gasteiger partial charge in [-0.3, -0.25) is 0 Å². The lowest BCUT2D eigenvalue weighted by atomic mass is 9.89. The van der Waals surface area contributed by atoms with E-state index in [0.29, 0.717) is 18.9 Å². The molecule has 4 nitrogen and oxygen atoms in total. The highest BCUT2D eigenvalue weighted by Gasteiger charge is 2.41. The van der Waals surface area contributed by atoms with Gasteiger partial charge in [0, 0.05) is 13.6 Å². The first kappa shape index (κ1) is 13.8. The van der Waals surface area contributed by atoms with Crippen LogP contribution < -0.4 is 0 Å². The van der Waals surface area contributed by atoms with Crippen molar-refractivity contribution in [2.24, 2.45) is 17.8 Å². The summed E-state index contributed by atoms with van der Waals surface area (Å²) in [5, 5.41) is 8.03. The smallest absolute Gasteiger partial charge is 0.211 e. The number of sulfonamides is 1. The Morgan fingerprint density at radius 1 is 1.39 bits per heavy atom. The van der Waals surface area contributed by atoms with Crippen LogP contribution >= 0.6 is 0 Å². The molecule has 0 saturated heterocycles. The van der Waals surface area contributed by atoms with Crippen LogP contribution in [0.2, 0.25) is 0 Å². The molecule has 2 aliphatic rings. The maximum Gasteiger partial charge on any atom is 0.230 e. The van der Waals surface area contributed by atoms with E-state index in [-0.39, 0.29) is 0 Å². The number of hydrogen-bond acceptors (Lipinski definition) is 3. The monoisotopic (exact) mass is 270 g/mol. The minimum absolute atomic E-state index is 0.361. The quantitative estimate of drug-likeness (QED) is 0.767. The van der Waals surface area contributed by atoms with Gasteiger partial charge < -0.3 is 0 Å². The Labute approximate surface area is 110 Å². The second-order valence-electron chi connectivity index (χ2n) is 5.79. The predicted molar refractivity (Wildman–Crippen MR) is 70.2 cm³/mol. The number of nitriles is 1. The molecule has 0 spiro atoms. The SMILES string of the molecule is CCC(C#N)S(=O)(=O)N(C)CC1CC2CCC1C2. The molecule has 5 heteroatoms. The van der Waals surface area contributed by atoms with E-state index >= 15 is 0 Å². The summed E-state index contributed by atoms with van der Waals surface area (Å²) in [7, 11) is -1.81. The molecule has 102 valence electrons. The lowest BCUT2D eigenvalue weighted by Crippen LogP contribution is -2.39. The summed E-state index contributed by atoms with van der Waals surface area (Å²) >= 11 is 0. The van der Waals surface area contributed by atoms with Gasteiger partial charge in [-0.1, -0.05) is 13.3 Å². The van der Waals surface area contributed by atoms with E-state index in [9.17, 15) is 8.42 Å². The molecule has 0 heterocycles. The number of fused-ring (bicyclic) bond motifs is 2. The first-order chi connectivity index (χ1) is 8.48. The van der Waals surface area contributed by atoms with Crippen molar-refractivity contribution < 1.29 is 8.42 Å². The Morgan fingerprint density at radius 3 is 2.56 bits per heavy atom. The van der Waals surface area contributed by atoms with Gasteiger partial charge in [0.2, 0.25) is 10.0 Å². The Balaban J connectivity index is 2.00. The van der Waals surface area contributed by atoms with Crippen LogP contribution in [0.4, 0.5) is 0 Å². The number of nitrogens with zero attached hydrogens (tertiary/aromatic N) is 2. The van der Waals surface area contributed by atoms with Gasteiger partial charge in [0.15, 0.2) is 5.25 Å². The fourth-order valence-electron chi connectivity index (χ4n) is 3.62. The molecule has 0 aromatic heterocycles. The first-order valence-electron chi connectivity index (χ1n) is 6.83. The van der Waals surface area contributed by atoms with Crippen molar-refractivity contribution in [2.75, 3.05) is 13.6 Å². The molecule has 2 rings (SSSR count). The van der Waals surface area contributed by atoms with Gasteiger partial charge in [-0.2, -0.15) is 5.26 Å². The summed E-state index contributed by atoms with van der Waals surface area (Å²) in [5.41, 5.74) is 0. The van der Waals surface area contributed by atoms with Crippen molar-refractivity contribution >= 4 is 10.0 Å². The average molecular weight is 270 g/mol. The molecule has 2 saturated carbocycles. The van der Waals surface area contributed by atoms with Crippen LogP contribution in [0.1, 0.15) is 39.0 Å². The molecule has 0 aliphatic heterocycles. The highest BCUT2D eigenvalue weighted by atomic mass is 32.2. The van der Waals surface area contributed by atoms with E-state index in [1.165, 1.54) is 30.0 Å². The van der Waals surface area contributed by atoms with Crippen molar-refractivity contribution in [3.8, 4) is 6.07 Å². The Kier molecular flexibility index (Phi) is 3.98. The summed E-state index contributed by atoms with van der Waals surface area (Å²) in [5.74, 6) is 2.06. The minimum atomic E-state index is -3.43. The fourth-order valence-corrected chi connectivity index (χ4v) is 5.01. The van der Waals surface area contributed by atoms with Gasteiger partial charge in [-0.15, -0.1) is 0 Å². The van der Waals surface area contributed by atoms with Gasteiger partial charge in [0.05, 0.1) is 6.07 Å². The molecule has 18 heavy (non-hydrogen) atoms. The number of hydrogen-bond donors (Lipinski definition) is 0. The van der Waals surface area contributed by atoms with Crippen molar-refractivity contribution in [2.45, 2.75) is 44.3 Å². The van der Waals surface area contributed by atoms with E-state index in [0.717, 1.165) is 11.8 Å². The van der Waals surface area contributed by atoms with E-state index in [1.54, 1.807) is 14.0 Å². The van der Waals surface area contributed by atoms with Crippen LogP contribution in [-0.4, -0.2) is 31.6 Å². The van der Waals surface area contributed by atoms with Crippen molar-refractivity contribution in [3.63, 3.8) is 0 Å². The van der Waals surface area contributed by atoms with Crippen molar-refractivity contribution in [1.29, 1.82) is 5.26 Å². The van der Waals surface area contributed by atoms with Crippen LogP contribution in [0.15, 0.2) is 0 Å². The van der Waals surface area contributed by atoms with Crippen LogP contribution in [0.5, 0.6) is 0 Å². The summed E-state index contributed by atoms with van der Waals surface area (Å²) in [4.78, 5) is 0. The molecule has 4 atom stereocenters. The van der Waals surface area contributed by atoms with Gasteiger partial charge in [-0.25, -0.2) is 12.7 Å². The summed E-state index contributed by atoms with van der Waals surface area (Å²) < 4.78 is 25.8. The third kappa shape index (κ3) is 2.41. The van der Waals surface area contributed by atoms with E-state index in [1.807, 2.05) is 6.07 Å². The molecule has 0 amide bonds. The lowest BCUT2D eigenvalue weighted by molar-refractivity contribution is 0.279. The molecular formula is C13H22N2O2S. The second kappa shape index (κ2) is 5.18. The zero-order valence-electron chi connectivity index (χ0n) is 11.2. The lowest BCUT2D eigenvalue weighted by Gasteiger charge is -2.27. The second-order valence-corrected chi connectivity index (χ2v) is 8.01. The molecule has 2 aliphatic carbocycles. The van der Waals surface area contributed by atoms with Crippen molar-refractivity contribution in [1.82, 2.24) is 4.31 Å². The van der Waals surface area contributed by atoms with Gasteiger partial charge in [-0.05, 0) is 43.4 Å². The van der Waals surface area contributed by atoms with Crippen LogP contribution in [0, 0.1) is 29.1 Å². The van der Waals surface area contributed by atoms with Gasteiger partial charge in [0.25, 0.3) is 0 Å². The third-order valence-corrected chi connectivity index (χ3v) is 6.86. The third-order valence-electron chi connectivity index (χ3n) is 4.68. The molecule has 4 unspecified atom stereocenters. The fraction of sp³-hybridized carbons (Fsp3) is 0.923. The van der Waals surface area contributed by atoms with E-state index in [2.05, 4.69) is 0 Å². The maximum absolute atomic E-state index is 12.2. The van der Waals surface area contributed by atoms with Crippen LogP contribution in [-0.2, 0) is 10.0 Å². The van der Waals surface area contributed by atoms with Crippen molar-refractivity contribution in [3.05, 3.63) is 0 Å². The predicted octanol–water partition coefficient (Wildman–Crippen LogP) is 1.99. The van der Waals surface area contributed by atoms with E-state index in [4.69, 9.17) is 5.26 Å². The highest BCUT2D eigenvalue weighted by molar-refractivity contribution is 7.89. The first-order valence-corrected chi connectivity index (χ1v) is 8.34. The standard InChI is InChI=1S/C13H22N2O2S/c1-3-13(8-14)18(16,17)15(2)9-12-7-10-4-5-11(12)6-10/h10-13H,3-7,9H2,1-2H3. The molecule has 0 radical (unpaired) electrons. The molecule has 0 N–H and O–H groups in total. The average Bonchev–Trinajstić information content (AvgIpc) is 2.92. The summed E-state index contributed by atoms with van der Waals surface area (Å²) in [6, 6.07) is 1.90. The Morgan fingerprint density at radius 2 is 2.11 bits per heavy atom. The summed E-state index contributed by atoms with van der Waals surface area (Å²) in [6.45, 7) is 2.35. The topological polar surface area (TPSA) is 61.2 Å². The largest absolute Gasteiger partial charge is 0.230 e. The van der Waals surface area contributed by atoms with Crippen LogP contribution in [0.3, 0.4) is 0 Å². The highest BCUT2D eigenvalue weighted by Crippen LogP contribution is 2.48. The maximum atomic E-state index is 12.2. The molecule has 0 aromatic rings. The zero-order chi connectivity index (χ0) is 13.3. The summed E-state index contributed by atoms with van der Waals surface area (Å²) in [6.07, 6.45) is 5.41. The van der Waals surface area contributed by atoms with Gasteiger partial charge >= 0.3 is 0 Å². The molecule has 0 aromatic carbocycles. The Hall–Kier alpha value is -0.600. The van der Waals surface area contributed by atoms with Crippen LogP contribution in [0.25, 0.3) is 0 Å².